The number of nitrogens with zero attached hydrogens (tertiary/aromatic N) is 2. The Morgan fingerprint density at radius 1 is 1.50 bits per heavy atom. The highest BCUT2D eigenvalue weighted by molar-refractivity contribution is 6.49. The molecular formula is C16H12BN2O5. The quantitative estimate of drug-likeness (QED) is 0.805. The smallest absolute Gasteiger partial charge is 0.334 e. The zero-order chi connectivity index (χ0) is 17.3. The van der Waals surface area contributed by atoms with Crippen LogP contribution in [0.3, 0.4) is 0 Å². The number of benzene rings is 1. The first-order valence-corrected chi connectivity index (χ1v) is 7.05. The van der Waals surface area contributed by atoms with Gasteiger partial charge in [0.2, 0.25) is 5.88 Å². The average Bonchev–Trinajstić information content (AvgIpc) is 2.83. The number of ether oxygens (including phenoxy) is 1. The average molecular weight is 323 g/mol. The van der Waals surface area contributed by atoms with E-state index in [4.69, 9.17) is 19.8 Å². The molecule has 7 nitrogen and oxygen atoms in total. The highest BCUT2D eigenvalue weighted by Gasteiger charge is 2.42. The predicted molar refractivity (Wildman–Crippen MR) is 82.8 cm³/mol. The van der Waals surface area contributed by atoms with Gasteiger partial charge in [-0.1, -0.05) is 0 Å². The zero-order valence-electron chi connectivity index (χ0n) is 12.7. The minimum atomic E-state index is -1.89. The first-order valence-electron chi connectivity index (χ1n) is 7.05. The highest BCUT2D eigenvalue weighted by atomic mass is 16.6. The number of pyridine rings is 1. The van der Waals surface area contributed by atoms with Gasteiger partial charge in [-0.15, -0.1) is 0 Å². The third-order valence-electron chi connectivity index (χ3n) is 3.59. The van der Waals surface area contributed by atoms with E-state index >= 15 is 0 Å². The minimum absolute atomic E-state index is 0.258. The van der Waals surface area contributed by atoms with E-state index in [1.54, 1.807) is 25.1 Å². The van der Waals surface area contributed by atoms with Crippen LogP contribution < -0.4 is 10.2 Å². The van der Waals surface area contributed by atoms with Crippen LogP contribution in [0.5, 0.6) is 11.6 Å². The number of fused-ring (bicyclic) bond motifs is 1. The molecule has 8 heteroatoms. The molecule has 0 spiro atoms. The van der Waals surface area contributed by atoms with Crippen molar-refractivity contribution in [1.29, 1.82) is 5.26 Å². The Balaban J connectivity index is 1.93. The summed E-state index contributed by atoms with van der Waals surface area (Å²) in [6.45, 7) is 1.72. The van der Waals surface area contributed by atoms with Gasteiger partial charge in [-0.3, -0.25) is 4.79 Å². The molecule has 0 bridgehead atoms. The van der Waals surface area contributed by atoms with Crippen LogP contribution in [0.2, 0.25) is 0 Å². The lowest BCUT2D eigenvalue weighted by molar-refractivity contribution is -0.170. The molecule has 1 aromatic carbocycles. The van der Waals surface area contributed by atoms with Gasteiger partial charge in [0.05, 0.1) is 11.6 Å². The molecule has 1 aliphatic heterocycles. The van der Waals surface area contributed by atoms with E-state index in [9.17, 15) is 9.90 Å². The lowest BCUT2D eigenvalue weighted by Gasteiger charge is -2.24. The normalized spacial score (nSPS) is 18.4. The number of nitriles is 1. The van der Waals surface area contributed by atoms with Crippen molar-refractivity contribution in [3.05, 3.63) is 47.2 Å². The molecule has 0 saturated heterocycles. The van der Waals surface area contributed by atoms with Crippen LogP contribution in [0.1, 0.15) is 23.1 Å². The molecule has 1 unspecified atom stereocenters. The van der Waals surface area contributed by atoms with Crippen LogP contribution in [0.25, 0.3) is 0 Å². The number of carboxylic acid groups (broad SMARTS) is 1. The molecule has 0 saturated carbocycles. The standard InChI is InChI=1S/C16H12BN2O5/c1-9-4-11(23-13-5-10(8-18)2-3-19-13)6-12-15(9)16(22,24-17-12)7-14(20)21/h2-6,22H,7H2,1H3,(H,20,21). The fourth-order valence-electron chi connectivity index (χ4n) is 2.68. The van der Waals surface area contributed by atoms with Crippen LogP contribution in [0.15, 0.2) is 30.5 Å². The number of aromatic nitrogens is 1. The third kappa shape index (κ3) is 2.95. The molecule has 0 fully saturated rings. The van der Waals surface area contributed by atoms with Crippen molar-refractivity contribution in [3.8, 4) is 17.7 Å². The SMILES string of the molecule is Cc1cc(Oc2cc(C#N)ccn2)cc2c1C(O)(CC(=O)O)O[B]2. The van der Waals surface area contributed by atoms with Crippen molar-refractivity contribution in [2.75, 3.05) is 0 Å². The summed E-state index contributed by atoms with van der Waals surface area (Å²) in [6, 6.07) is 8.33. The van der Waals surface area contributed by atoms with Crippen LogP contribution in [-0.4, -0.2) is 28.6 Å². The number of hydrogen-bond acceptors (Lipinski definition) is 6. The van der Waals surface area contributed by atoms with Gasteiger partial charge in [0.1, 0.15) is 12.2 Å². The molecule has 2 heterocycles. The second-order valence-corrected chi connectivity index (χ2v) is 5.39. The maximum absolute atomic E-state index is 10.9. The molecule has 119 valence electrons. The van der Waals surface area contributed by atoms with Crippen molar-refractivity contribution in [2.24, 2.45) is 0 Å². The Morgan fingerprint density at radius 3 is 3.00 bits per heavy atom. The number of aliphatic hydroxyl groups is 1. The van der Waals surface area contributed by atoms with Crippen LogP contribution in [0, 0.1) is 18.3 Å². The number of carbonyl (C=O) groups is 1. The summed E-state index contributed by atoms with van der Waals surface area (Å²) in [4.78, 5) is 15.0. The fraction of sp³-hybridized carbons (Fsp3) is 0.188. The van der Waals surface area contributed by atoms with Gasteiger partial charge in [0.15, 0.2) is 5.79 Å². The second-order valence-electron chi connectivity index (χ2n) is 5.39. The molecule has 1 aliphatic rings. The van der Waals surface area contributed by atoms with Crippen molar-refractivity contribution < 1.29 is 24.4 Å². The highest BCUT2D eigenvalue weighted by Crippen LogP contribution is 2.34. The number of aryl methyl sites for hydroxylation is 1. The summed E-state index contributed by atoms with van der Waals surface area (Å²) in [5.41, 5.74) is 1.97. The van der Waals surface area contributed by atoms with Gasteiger partial charge < -0.3 is 19.6 Å². The maximum Gasteiger partial charge on any atom is 0.334 e. The molecule has 1 radical (unpaired) electrons. The van der Waals surface area contributed by atoms with E-state index < -0.39 is 18.2 Å². The molecule has 0 amide bonds. The summed E-state index contributed by atoms with van der Waals surface area (Å²) in [5.74, 6) is -2.36. The lowest BCUT2D eigenvalue weighted by Crippen LogP contribution is -2.30. The third-order valence-corrected chi connectivity index (χ3v) is 3.59. The van der Waals surface area contributed by atoms with Gasteiger partial charge in [0.25, 0.3) is 0 Å². The molecule has 1 atom stereocenters. The van der Waals surface area contributed by atoms with E-state index in [1.165, 1.54) is 19.7 Å². The Morgan fingerprint density at radius 2 is 2.29 bits per heavy atom. The molecule has 1 aromatic heterocycles. The van der Waals surface area contributed by atoms with E-state index in [-0.39, 0.29) is 5.88 Å². The molecule has 24 heavy (non-hydrogen) atoms. The Bertz CT molecular complexity index is 864. The van der Waals surface area contributed by atoms with Gasteiger partial charge in [-0.05, 0) is 36.1 Å². The Labute approximate surface area is 138 Å². The second kappa shape index (κ2) is 5.96. The van der Waals surface area contributed by atoms with Crippen molar-refractivity contribution in [2.45, 2.75) is 19.1 Å². The molecule has 0 aliphatic carbocycles. The molecule has 2 N–H and O–H groups in total. The van der Waals surface area contributed by atoms with Gasteiger partial charge in [-0.25, -0.2) is 4.98 Å². The monoisotopic (exact) mass is 323 g/mol. The van der Waals surface area contributed by atoms with Gasteiger partial charge in [-0.2, -0.15) is 5.26 Å². The first-order chi connectivity index (χ1) is 11.4. The van der Waals surface area contributed by atoms with Gasteiger partial charge >= 0.3 is 13.5 Å². The van der Waals surface area contributed by atoms with E-state index in [0.29, 0.717) is 27.9 Å². The largest absolute Gasteiger partial charge is 0.481 e. The van der Waals surface area contributed by atoms with Gasteiger partial charge in [0, 0.05) is 17.8 Å². The summed E-state index contributed by atoms with van der Waals surface area (Å²) in [7, 11) is 1.30. The summed E-state index contributed by atoms with van der Waals surface area (Å²) < 4.78 is 10.8. The molecule has 2 aromatic rings. The van der Waals surface area contributed by atoms with Crippen LogP contribution >= 0.6 is 0 Å². The Kier molecular flexibility index (Phi) is 3.97. The van der Waals surface area contributed by atoms with Crippen molar-refractivity contribution in [1.82, 2.24) is 4.98 Å². The van der Waals surface area contributed by atoms with E-state index in [0.717, 1.165) is 0 Å². The number of rotatable bonds is 4. The van der Waals surface area contributed by atoms with E-state index in [1.807, 2.05) is 6.07 Å². The molecular weight excluding hydrogens is 311 g/mol. The fourth-order valence-corrected chi connectivity index (χ4v) is 2.68. The van der Waals surface area contributed by atoms with Crippen LogP contribution in [0.4, 0.5) is 0 Å². The van der Waals surface area contributed by atoms with Crippen LogP contribution in [-0.2, 0) is 15.2 Å². The minimum Gasteiger partial charge on any atom is -0.481 e. The number of hydrogen-bond donors (Lipinski definition) is 2. The summed E-state index contributed by atoms with van der Waals surface area (Å²) in [6.07, 6.45) is 0.901. The van der Waals surface area contributed by atoms with Crippen molar-refractivity contribution in [3.63, 3.8) is 0 Å². The Hall–Kier alpha value is -2.89. The van der Waals surface area contributed by atoms with E-state index in [2.05, 4.69) is 4.98 Å². The maximum atomic E-state index is 10.9. The zero-order valence-corrected chi connectivity index (χ0v) is 12.7. The van der Waals surface area contributed by atoms with Crippen molar-refractivity contribution >= 4 is 18.9 Å². The number of carboxylic acids is 1. The first kappa shape index (κ1) is 16.0. The lowest BCUT2D eigenvalue weighted by atomic mass is 9.83. The summed E-state index contributed by atoms with van der Waals surface area (Å²) in [5, 5.41) is 28.3. The topological polar surface area (TPSA) is 113 Å². The number of aliphatic carboxylic acids is 1. The predicted octanol–water partition coefficient (Wildman–Crippen LogP) is 0.948. The molecule has 3 rings (SSSR count). The summed E-state index contributed by atoms with van der Waals surface area (Å²) >= 11 is 0.